The van der Waals surface area contributed by atoms with Crippen LogP contribution in [0.4, 0.5) is 10.1 Å². The van der Waals surface area contributed by atoms with Crippen LogP contribution in [0.15, 0.2) is 12.3 Å². The van der Waals surface area contributed by atoms with E-state index in [-0.39, 0.29) is 28.6 Å². The van der Waals surface area contributed by atoms with E-state index in [2.05, 4.69) is 20.9 Å². The fraction of sp³-hybridized carbons (Fsp3) is 0.409. The SMILES string of the molecule is CNC(=O)C(NC(=O)C(=O)c1c(C)c(C(=O)Nc2cnc(F)c(C)c2)c(C)n1C)C1CC1. The smallest absolute Gasteiger partial charge is 0.294 e. The second kappa shape index (κ2) is 8.89. The molecule has 1 saturated carbocycles. The van der Waals surface area contributed by atoms with Crippen LogP contribution < -0.4 is 16.0 Å². The summed E-state index contributed by atoms with van der Waals surface area (Å²) in [5.41, 5.74) is 1.68. The van der Waals surface area contributed by atoms with E-state index in [1.165, 1.54) is 30.8 Å². The molecule has 0 bridgehead atoms. The summed E-state index contributed by atoms with van der Waals surface area (Å²) in [7, 11) is 3.06. The molecule has 3 amide bonds. The third-order valence-electron chi connectivity index (χ3n) is 5.76. The van der Waals surface area contributed by atoms with Gasteiger partial charge in [-0.05, 0) is 51.2 Å². The fourth-order valence-electron chi connectivity index (χ4n) is 3.75. The van der Waals surface area contributed by atoms with Gasteiger partial charge in [0.05, 0.1) is 23.1 Å². The zero-order valence-corrected chi connectivity index (χ0v) is 18.6. The van der Waals surface area contributed by atoms with Crippen LogP contribution in [0.25, 0.3) is 0 Å². The highest BCUT2D eigenvalue weighted by Crippen LogP contribution is 2.33. The van der Waals surface area contributed by atoms with Gasteiger partial charge in [0.2, 0.25) is 11.9 Å². The largest absolute Gasteiger partial charge is 0.357 e. The predicted octanol–water partition coefficient (Wildman–Crippen LogP) is 1.56. The molecular formula is C22H26FN5O4. The summed E-state index contributed by atoms with van der Waals surface area (Å²) in [5, 5.41) is 7.68. The Labute approximate surface area is 184 Å². The molecule has 0 saturated heterocycles. The molecule has 1 aliphatic rings. The van der Waals surface area contributed by atoms with Crippen LogP contribution in [-0.2, 0) is 16.6 Å². The fourth-order valence-corrected chi connectivity index (χ4v) is 3.75. The summed E-state index contributed by atoms with van der Waals surface area (Å²) in [6, 6.07) is 0.680. The molecule has 2 heterocycles. The number of halogens is 1. The van der Waals surface area contributed by atoms with Gasteiger partial charge in [0.25, 0.3) is 17.6 Å². The van der Waals surface area contributed by atoms with Gasteiger partial charge in [-0.25, -0.2) is 4.98 Å². The topological polar surface area (TPSA) is 122 Å². The van der Waals surface area contributed by atoms with Gasteiger partial charge in [-0.3, -0.25) is 19.2 Å². The first-order chi connectivity index (χ1) is 15.1. The molecule has 1 unspecified atom stereocenters. The van der Waals surface area contributed by atoms with Gasteiger partial charge < -0.3 is 20.5 Å². The van der Waals surface area contributed by atoms with Crippen LogP contribution in [0.3, 0.4) is 0 Å². The number of pyridine rings is 1. The minimum absolute atomic E-state index is 0.0112. The molecular weight excluding hydrogens is 417 g/mol. The third-order valence-corrected chi connectivity index (χ3v) is 5.76. The zero-order chi connectivity index (χ0) is 23.7. The van der Waals surface area contributed by atoms with Crippen molar-refractivity contribution in [1.82, 2.24) is 20.2 Å². The molecule has 2 aromatic heterocycles. The number of anilines is 1. The lowest BCUT2D eigenvalue weighted by atomic mass is 10.1. The zero-order valence-electron chi connectivity index (χ0n) is 18.6. The van der Waals surface area contributed by atoms with E-state index in [0.29, 0.717) is 16.9 Å². The number of carbonyl (C=O) groups is 4. The lowest BCUT2D eigenvalue weighted by molar-refractivity contribution is -0.127. The molecule has 1 fully saturated rings. The van der Waals surface area contributed by atoms with Gasteiger partial charge in [-0.2, -0.15) is 4.39 Å². The van der Waals surface area contributed by atoms with Gasteiger partial charge in [-0.15, -0.1) is 0 Å². The molecule has 10 heteroatoms. The number of hydrogen-bond donors (Lipinski definition) is 3. The number of nitrogens with zero attached hydrogens (tertiary/aromatic N) is 2. The first-order valence-electron chi connectivity index (χ1n) is 10.2. The molecule has 0 spiro atoms. The number of nitrogens with one attached hydrogen (secondary N) is 3. The number of ketones is 1. The number of hydrogen-bond acceptors (Lipinski definition) is 5. The second-order valence-corrected chi connectivity index (χ2v) is 8.01. The van der Waals surface area contributed by atoms with Crippen molar-refractivity contribution in [3.63, 3.8) is 0 Å². The molecule has 0 aromatic carbocycles. The van der Waals surface area contributed by atoms with Crippen molar-refractivity contribution in [1.29, 1.82) is 0 Å². The van der Waals surface area contributed by atoms with E-state index in [4.69, 9.17) is 0 Å². The van der Waals surface area contributed by atoms with E-state index < -0.39 is 29.6 Å². The van der Waals surface area contributed by atoms with Crippen LogP contribution in [0.1, 0.15) is 50.5 Å². The minimum atomic E-state index is -0.903. The Morgan fingerprint density at radius 1 is 1.19 bits per heavy atom. The van der Waals surface area contributed by atoms with Crippen LogP contribution in [0.5, 0.6) is 0 Å². The Kier molecular flexibility index (Phi) is 6.42. The Morgan fingerprint density at radius 3 is 2.41 bits per heavy atom. The first-order valence-corrected chi connectivity index (χ1v) is 10.2. The molecule has 1 atom stereocenters. The summed E-state index contributed by atoms with van der Waals surface area (Å²) in [6.45, 7) is 4.76. The quantitative estimate of drug-likeness (QED) is 0.341. The molecule has 170 valence electrons. The number of likely N-dealkylation sites (N-methyl/N-ethyl adjacent to an activating group) is 1. The summed E-state index contributed by atoms with van der Waals surface area (Å²) in [6.07, 6.45) is 2.80. The van der Waals surface area contributed by atoms with Gasteiger partial charge >= 0.3 is 0 Å². The second-order valence-electron chi connectivity index (χ2n) is 8.01. The number of rotatable bonds is 7. The third kappa shape index (κ3) is 4.39. The van der Waals surface area contributed by atoms with E-state index in [9.17, 15) is 23.6 Å². The molecule has 3 rings (SSSR count). The van der Waals surface area contributed by atoms with Crippen LogP contribution in [0, 0.1) is 32.6 Å². The van der Waals surface area contributed by atoms with Crippen molar-refractivity contribution in [2.24, 2.45) is 13.0 Å². The summed E-state index contributed by atoms with van der Waals surface area (Å²) < 4.78 is 14.9. The van der Waals surface area contributed by atoms with E-state index in [1.807, 2.05) is 0 Å². The molecule has 1 aliphatic carbocycles. The van der Waals surface area contributed by atoms with Crippen LogP contribution >= 0.6 is 0 Å². The molecule has 9 nitrogen and oxygen atoms in total. The van der Waals surface area contributed by atoms with Crippen molar-refractivity contribution < 1.29 is 23.6 Å². The Morgan fingerprint density at radius 2 is 1.84 bits per heavy atom. The number of Topliss-reactive ketones (excluding diaryl/α,β-unsaturated/α-hetero) is 1. The van der Waals surface area contributed by atoms with Crippen molar-refractivity contribution >= 4 is 29.2 Å². The highest BCUT2D eigenvalue weighted by Gasteiger charge is 2.38. The van der Waals surface area contributed by atoms with Gasteiger partial charge in [0, 0.05) is 25.4 Å². The maximum absolute atomic E-state index is 13.4. The average Bonchev–Trinajstić information content (AvgIpc) is 3.55. The molecule has 0 aliphatic heterocycles. The van der Waals surface area contributed by atoms with Crippen molar-refractivity contribution in [3.8, 4) is 0 Å². The number of aryl methyl sites for hydroxylation is 1. The van der Waals surface area contributed by atoms with E-state index in [0.717, 1.165) is 12.8 Å². The van der Waals surface area contributed by atoms with Gasteiger partial charge in [0.15, 0.2) is 0 Å². The van der Waals surface area contributed by atoms with E-state index in [1.54, 1.807) is 20.9 Å². The van der Waals surface area contributed by atoms with Crippen LogP contribution in [0.2, 0.25) is 0 Å². The predicted molar refractivity (Wildman–Crippen MR) is 115 cm³/mol. The lowest BCUT2D eigenvalue weighted by Gasteiger charge is -2.16. The van der Waals surface area contributed by atoms with Crippen molar-refractivity contribution in [3.05, 3.63) is 46.3 Å². The number of carbonyl (C=O) groups excluding carboxylic acids is 4. The number of amides is 3. The van der Waals surface area contributed by atoms with Crippen LogP contribution in [-0.4, -0.2) is 46.1 Å². The summed E-state index contributed by atoms with van der Waals surface area (Å²) in [4.78, 5) is 54.2. The average molecular weight is 443 g/mol. The standard InChI is InChI=1S/C22H26FN5O4/c1-10-8-14(9-25-19(10)23)26-20(30)15-11(2)17(28(5)12(15)3)18(29)22(32)27-16(13-6-7-13)21(31)24-4/h8-9,13,16H,6-7H2,1-5H3,(H,24,31)(H,26,30)(H,27,32). The normalized spacial score (nSPS) is 13.9. The summed E-state index contributed by atoms with van der Waals surface area (Å²) in [5.74, 6) is -3.21. The molecule has 32 heavy (non-hydrogen) atoms. The molecule has 3 N–H and O–H groups in total. The summed E-state index contributed by atoms with van der Waals surface area (Å²) >= 11 is 0. The Hall–Kier alpha value is -3.56. The van der Waals surface area contributed by atoms with Gasteiger partial charge in [0.1, 0.15) is 6.04 Å². The number of aromatic nitrogens is 2. The van der Waals surface area contributed by atoms with Crippen molar-refractivity contribution in [2.45, 2.75) is 39.7 Å². The Bertz CT molecular complexity index is 1120. The lowest BCUT2D eigenvalue weighted by Crippen LogP contribution is -2.49. The molecule has 2 aromatic rings. The van der Waals surface area contributed by atoms with E-state index >= 15 is 0 Å². The van der Waals surface area contributed by atoms with Crippen molar-refractivity contribution in [2.75, 3.05) is 12.4 Å². The maximum atomic E-state index is 13.4. The first kappa shape index (κ1) is 23.1. The highest BCUT2D eigenvalue weighted by molar-refractivity contribution is 6.43. The monoisotopic (exact) mass is 443 g/mol. The highest BCUT2D eigenvalue weighted by atomic mass is 19.1. The Balaban J connectivity index is 1.85. The minimum Gasteiger partial charge on any atom is -0.357 e. The van der Waals surface area contributed by atoms with Gasteiger partial charge in [-0.1, -0.05) is 0 Å². The maximum Gasteiger partial charge on any atom is 0.294 e. The molecule has 0 radical (unpaired) electrons.